The number of ether oxygens (including phenoxy) is 1. The predicted molar refractivity (Wildman–Crippen MR) is 57.8 cm³/mol. The van der Waals surface area contributed by atoms with Crippen LogP contribution in [-0.4, -0.2) is 37.1 Å². The van der Waals surface area contributed by atoms with Crippen LogP contribution in [-0.2, 0) is 5.88 Å². The lowest BCUT2D eigenvalue weighted by atomic mass is 10.3. The number of rotatable bonds is 5. The molecule has 0 aliphatic carbocycles. The molecule has 1 aromatic rings. The highest BCUT2D eigenvalue weighted by molar-refractivity contribution is 6.17. The monoisotopic (exact) mass is 214 g/mol. The lowest BCUT2D eigenvalue weighted by molar-refractivity contribution is 0.260. The van der Waals surface area contributed by atoms with Gasteiger partial charge in [0.05, 0.1) is 5.88 Å². The molecule has 3 nitrogen and oxygen atoms in total. The van der Waals surface area contributed by atoms with Crippen LogP contribution < -0.4 is 4.74 Å². The summed E-state index contributed by atoms with van der Waals surface area (Å²) in [7, 11) is 4.02. The lowest BCUT2D eigenvalue weighted by Gasteiger charge is -2.12. The van der Waals surface area contributed by atoms with Gasteiger partial charge in [-0.05, 0) is 20.2 Å². The Morgan fingerprint density at radius 3 is 2.93 bits per heavy atom. The topological polar surface area (TPSA) is 25.4 Å². The summed E-state index contributed by atoms with van der Waals surface area (Å²) in [5, 5.41) is 0. The van der Waals surface area contributed by atoms with E-state index in [1.807, 2.05) is 20.2 Å². The van der Waals surface area contributed by atoms with Gasteiger partial charge in [-0.2, -0.15) is 0 Å². The second-order valence-corrected chi connectivity index (χ2v) is 3.54. The summed E-state index contributed by atoms with van der Waals surface area (Å²) in [5.41, 5.74) is 0.938. The predicted octanol–water partition coefficient (Wildman–Crippen LogP) is 1.76. The molecule has 1 rings (SSSR count). The van der Waals surface area contributed by atoms with Crippen molar-refractivity contribution in [3.8, 4) is 5.75 Å². The second kappa shape index (κ2) is 5.83. The van der Waals surface area contributed by atoms with Crippen molar-refractivity contribution >= 4 is 11.6 Å². The van der Waals surface area contributed by atoms with Crippen molar-refractivity contribution in [3.05, 3.63) is 24.0 Å². The number of pyridine rings is 1. The van der Waals surface area contributed by atoms with Crippen LogP contribution in [0.4, 0.5) is 0 Å². The molecule has 4 heteroatoms. The van der Waals surface area contributed by atoms with Crippen LogP contribution in [0.1, 0.15) is 5.56 Å². The molecule has 0 saturated carbocycles. The number of hydrogen-bond acceptors (Lipinski definition) is 3. The summed E-state index contributed by atoms with van der Waals surface area (Å²) in [6.45, 7) is 1.56. The average molecular weight is 215 g/mol. The van der Waals surface area contributed by atoms with E-state index in [1.54, 1.807) is 12.4 Å². The molecule has 0 saturated heterocycles. The zero-order chi connectivity index (χ0) is 10.4. The Hall–Kier alpha value is -0.800. The van der Waals surface area contributed by atoms with Crippen molar-refractivity contribution in [2.24, 2.45) is 0 Å². The second-order valence-electron chi connectivity index (χ2n) is 3.27. The molecule has 0 aliphatic heterocycles. The van der Waals surface area contributed by atoms with Crippen LogP contribution >= 0.6 is 11.6 Å². The quantitative estimate of drug-likeness (QED) is 0.699. The normalized spacial score (nSPS) is 10.6. The zero-order valence-corrected chi connectivity index (χ0v) is 9.29. The van der Waals surface area contributed by atoms with Gasteiger partial charge in [-0.3, -0.25) is 4.98 Å². The van der Waals surface area contributed by atoms with E-state index in [9.17, 15) is 0 Å². The highest BCUT2D eigenvalue weighted by Gasteiger charge is 2.01. The van der Waals surface area contributed by atoms with Gasteiger partial charge in [0.15, 0.2) is 0 Å². The van der Waals surface area contributed by atoms with Crippen LogP contribution in [0.5, 0.6) is 5.75 Å². The summed E-state index contributed by atoms with van der Waals surface area (Å²) >= 11 is 5.74. The first-order valence-corrected chi connectivity index (χ1v) is 5.04. The van der Waals surface area contributed by atoms with Gasteiger partial charge in [0, 0.05) is 24.5 Å². The van der Waals surface area contributed by atoms with Crippen LogP contribution in [0.25, 0.3) is 0 Å². The van der Waals surface area contributed by atoms with Gasteiger partial charge < -0.3 is 9.64 Å². The largest absolute Gasteiger partial charge is 0.492 e. The van der Waals surface area contributed by atoms with Gasteiger partial charge in [-0.25, -0.2) is 0 Å². The first-order valence-electron chi connectivity index (χ1n) is 4.50. The van der Waals surface area contributed by atoms with Crippen molar-refractivity contribution in [1.29, 1.82) is 0 Å². The summed E-state index contributed by atoms with van der Waals surface area (Å²) in [6, 6.07) is 1.84. The third-order valence-electron chi connectivity index (χ3n) is 1.80. The summed E-state index contributed by atoms with van der Waals surface area (Å²) in [4.78, 5) is 6.06. The number of halogens is 1. The van der Waals surface area contributed by atoms with Gasteiger partial charge in [-0.15, -0.1) is 11.6 Å². The van der Waals surface area contributed by atoms with E-state index in [-0.39, 0.29) is 0 Å². The van der Waals surface area contributed by atoms with Crippen molar-refractivity contribution in [2.75, 3.05) is 27.2 Å². The Bertz CT molecular complexity index is 279. The Kier molecular flexibility index (Phi) is 4.70. The Labute approximate surface area is 89.7 Å². The standard InChI is InChI=1S/C10H15ClN2O/c1-13(2)5-6-14-10-3-4-12-8-9(10)7-11/h3-4,8H,5-7H2,1-2H3. The number of aromatic nitrogens is 1. The zero-order valence-electron chi connectivity index (χ0n) is 8.53. The number of alkyl halides is 1. The SMILES string of the molecule is CN(C)CCOc1ccncc1CCl. The lowest BCUT2D eigenvalue weighted by Crippen LogP contribution is -2.19. The molecule has 0 aromatic carbocycles. The molecule has 0 N–H and O–H groups in total. The minimum absolute atomic E-state index is 0.436. The summed E-state index contributed by atoms with van der Waals surface area (Å²) in [5.74, 6) is 1.27. The van der Waals surface area contributed by atoms with E-state index >= 15 is 0 Å². The molecule has 0 bridgehead atoms. The first kappa shape index (κ1) is 11.3. The van der Waals surface area contributed by atoms with Crippen LogP contribution in [0.15, 0.2) is 18.5 Å². The van der Waals surface area contributed by atoms with Crippen LogP contribution in [0.2, 0.25) is 0 Å². The van der Waals surface area contributed by atoms with E-state index < -0.39 is 0 Å². The van der Waals surface area contributed by atoms with Crippen molar-refractivity contribution in [1.82, 2.24) is 9.88 Å². The van der Waals surface area contributed by atoms with Crippen molar-refractivity contribution in [2.45, 2.75) is 5.88 Å². The molecule has 14 heavy (non-hydrogen) atoms. The van der Waals surface area contributed by atoms with Gasteiger partial charge in [0.1, 0.15) is 12.4 Å². The maximum absolute atomic E-state index is 5.74. The van der Waals surface area contributed by atoms with E-state index in [0.717, 1.165) is 17.9 Å². The van der Waals surface area contributed by atoms with E-state index in [0.29, 0.717) is 12.5 Å². The molecule has 1 heterocycles. The molecule has 0 aliphatic rings. The fraction of sp³-hybridized carbons (Fsp3) is 0.500. The van der Waals surface area contributed by atoms with Gasteiger partial charge in [0.2, 0.25) is 0 Å². The van der Waals surface area contributed by atoms with Crippen LogP contribution in [0.3, 0.4) is 0 Å². The molecule has 0 unspecified atom stereocenters. The van der Waals surface area contributed by atoms with Gasteiger partial charge in [0.25, 0.3) is 0 Å². The molecule has 1 aromatic heterocycles. The minimum Gasteiger partial charge on any atom is -0.492 e. The number of hydrogen-bond donors (Lipinski definition) is 0. The number of nitrogens with zero attached hydrogens (tertiary/aromatic N) is 2. The van der Waals surface area contributed by atoms with Crippen LogP contribution in [0, 0.1) is 0 Å². The minimum atomic E-state index is 0.436. The third-order valence-corrected chi connectivity index (χ3v) is 2.09. The molecular weight excluding hydrogens is 200 g/mol. The highest BCUT2D eigenvalue weighted by Crippen LogP contribution is 2.18. The summed E-state index contributed by atoms with van der Waals surface area (Å²) in [6.07, 6.45) is 3.44. The molecular formula is C10H15ClN2O. The molecule has 0 spiro atoms. The van der Waals surface area contributed by atoms with Gasteiger partial charge >= 0.3 is 0 Å². The maximum Gasteiger partial charge on any atom is 0.126 e. The smallest absolute Gasteiger partial charge is 0.126 e. The van der Waals surface area contributed by atoms with Crippen molar-refractivity contribution in [3.63, 3.8) is 0 Å². The van der Waals surface area contributed by atoms with E-state index in [4.69, 9.17) is 16.3 Å². The highest BCUT2D eigenvalue weighted by atomic mass is 35.5. The average Bonchev–Trinajstić information content (AvgIpc) is 2.18. The molecule has 0 radical (unpaired) electrons. The van der Waals surface area contributed by atoms with E-state index in [1.165, 1.54) is 0 Å². The van der Waals surface area contributed by atoms with E-state index in [2.05, 4.69) is 9.88 Å². The molecule has 78 valence electrons. The third kappa shape index (κ3) is 3.52. The number of likely N-dealkylation sites (N-methyl/N-ethyl adjacent to an activating group) is 1. The van der Waals surface area contributed by atoms with Gasteiger partial charge in [-0.1, -0.05) is 0 Å². The van der Waals surface area contributed by atoms with Crippen molar-refractivity contribution < 1.29 is 4.74 Å². The molecule has 0 atom stereocenters. The Morgan fingerprint density at radius 2 is 2.29 bits per heavy atom. The summed E-state index contributed by atoms with van der Waals surface area (Å²) < 4.78 is 5.57. The maximum atomic E-state index is 5.74. The first-order chi connectivity index (χ1) is 6.74. The molecule has 0 amide bonds. The fourth-order valence-corrected chi connectivity index (χ4v) is 1.19. The molecule has 0 fully saturated rings. The Balaban J connectivity index is 2.49. The Morgan fingerprint density at radius 1 is 1.50 bits per heavy atom. The fourth-order valence-electron chi connectivity index (χ4n) is 0.994.